The number of nitrogens with zero attached hydrogens (tertiary/aromatic N) is 3. The molecule has 0 amide bonds. The van der Waals surface area contributed by atoms with Gasteiger partial charge in [0.2, 0.25) is 0 Å². The number of piperidine rings is 1. The summed E-state index contributed by atoms with van der Waals surface area (Å²) in [4.78, 5) is 9.64. The average molecular weight is 494 g/mol. The van der Waals surface area contributed by atoms with Crippen LogP contribution in [-0.2, 0) is 11.8 Å². The summed E-state index contributed by atoms with van der Waals surface area (Å²) in [6.07, 6.45) is 10.4. The number of aromatic nitrogens is 1. The highest BCUT2D eigenvalue weighted by atomic mass is 35.5. The number of aryl methyl sites for hydroxylation is 1. The summed E-state index contributed by atoms with van der Waals surface area (Å²) >= 11 is 6.33. The van der Waals surface area contributed by atoms with E-state index in [1.807, 2.05) is 25.5 Å². The third-order valence-corrected chi connectivity index (χ3v) is 8.21. The van der Waals surface area contributed by atoms with Crippen LogP contribution in [0.25, 0.3) is 0 Å². The molecule has 4 rings (SSSR count). The van der Waals surface area contributed by atoms with E-state index in [0.29, 0.717) is 6.04 Å². The largest absolute Gasteiger partial charge is 0.385 e. The first-order chi connectivity index (χ1) is 16.9. The Morgan fingerprint density at radius 3 is 2.66 bits per heavy atom. The smallest absolute Gasteiger partial charge is 0.156 e. The van der Waals surface area contributed by atoms with Crippen molar-refractivity contribution in [3.8, 4) is 0 Å². The van der Waals surface area contributed by atoms with Crippen LogP contribution in [0.1, 0.15) is 57.1 Å². The molecule has 5 nitrogen and oxygen atoms in total. The lowest BCUT2D eigenvalue weighted by molar-refractivity contribution is 0.179. The molecule has 0 unspecified atom stereocenters. The fourth-order valence-corrected chi connectivity index (χ4v) is 5.99. The first-order valence-electron chi connectivity index (χ1n) is 13.0. The number of likely N-dealkylation sites (tertiary alicyclic amines) is 1. The maximum Gasteiger partial charge on any atom is 0.156 e. The molecule has 3 heterocycles. The van der Waals surface area contributed by atoms with Crippen molar-refractivity contribution in [2.24, 2.45) is 0 Å². The molecule has 188 valence electrons. The van der Waals surface area contributed by atoms with Crippen LogP contribution in [0.5, 0.6) is 0 Å². The predicted octanol–water partition coefficient (Wildman–Crippen LogP) is 6.82. The highest BCUT2D eigenvalue weighted by Crippen LogP contribution is 2.50. The van der Waals surface area contributed by atoms with Crippen LogP contribution in [0.3, 0.4) is 0 Å². The molecule has 0 aliphatic carbocycles. The molecule has 1 aromatic carbocycles. The standard InChI is InChI=1S/C29H40ClN5/c1-6-24(7-2)35(8-3)28-27(31-5)18-22(20-32-28)10-9-15-34-16-13-29(14-17-34)21(4)33-26-12-11-23(30)19-25(26)29/h8,11-12,18-20,24,31,33H,3-4,6-7,9-10,13-17H2,1-2,5H3. The van der Waals surface area contributed by atoms with Crippen LogP contribution < -0.4 is 15.5 Å². The van der Waals surface area contributed by atoms with E-state index in [4.69, 9.17) is 16.6 Å². The molecule has 1 aromatic heterocycles. The van der Waals surface area contributed by atoms with Gasteiger partial charge in [0.1, 0.15) is 0 Å². The van der Waals surface area contributed by atoms with E-state index < -0.39 is 0 Å². The van der Waals surface area contributed by atoms with Crippen molar-refractivity contribution in [3.05, 3.63) is 71.7 Å². The van der Waals surface area contributed by atoms with Crippen LogP contribution in [0.2, 0.25) is 5.02 Å². The van der Waals surface area contributed by atoms with Gasteiger partial charge in [-0.15, -0.1) is 0 Å². The third kappa shape index (κ3) is 5.07. The van der Waals surface area contributed by atoms with Crippen molar-refractivity contribution in [1.29, 1.82) is 0 Å². The Hall–Kier alpha value is -2.50. The molecular weight excluding hydrogens is 454 g/mol. The van der Waals surface area contributed by atoms with Crippen molar-refractivity contribution >= 4 is 28.8 Å². The Morgan fingerprint density at radius 2 is 2.00 bits per heavy atom. The Balaban J connectivity index is 1.34. The van der Waals surface area contributed by atoms with Crippen molar-refractivity contribution in [3.63, 3.8) is 0 Å². The normalized spacial score (nSPS) is 16.9. The topological polar surface area (TPSA) is 43.4 Å². The molecule has 0 bridgehead atoms. The number of allylic oxidation sites excluding steroid dienone is 1. The van der Waals surface area contributed by atoms with Crippen molar-refractivity contribution in [1.82, 2.24) is 9.88 Å². The van der Waals surface area contributed by atoms with Crippen molar-refractivity contribution in [2.75, 3.05) is 42.2 Å². The zero-order valence-corrected chi connectivity index (χ0v) is 22.3. The van der Waals surface area contributed by atoms with Crippen LogP contribution in [-0.4, -0.2) is 42.6 Å². The SMILES string of the molecule is C=CN(c1ncc(CCCN2CCC3(CC2)C(=C)Nc2ccc(Cl)cc23)cc1NC)C(CC)CC. The quantitative estimate of drug-likeness (QED) is 0.380. The summed E-state index contributed by atoms with van der Waals surface area (Å²) in [5.74, 6) is 0.965. The molecule has 0 atom stereocenters. The molecular formula is C29H40ClN5. The molecule has 2 aromatic rings. The van der Waals surface area contributed by atoms with Gasteiger partial charge >= 0.3 is 0 Å². The first kappa shape index (κ1) is 25.6. The number of pyridine rings is 1. The summed E-state index contributed by atoms with van der Waals surface area (Å²) in [6.45, 7) is 16.1. The molecule has 35 heavy (non-hydrogen) atoms. The zero-order chi connectivity index (χ0) is 25.0. The molecule has 2 aliphatic heterocycles. The fraction of sp³-hybridized carbons (Fsp3) is 0.483. The Labute approximate surface area is 216 Å². The number of fused-ring (bicyclic) bond motifs is 2. The van der Waals surface area contributed by atoms with Gasteiger partial charge in [0.15, 0.2) is 5.82 Å². The average Bonchev–Trinajstić information content (AvgIpc) is 3.14. The summed E-state index contributed by atoms with van der Waals surface area (Å²) in [7, 11) is 1.97. The number of hydrogen-bond acceptors (Lipinski definition) is 5. The van der Waals surface area contributed by atoms with Gasteiger partial charge < -0.3 is 20.4 Å². The molecule has 1 fully saturated rings. The van der Waals surface area contributed by atoms with Gasteiger partial charge in [0.25, 0.3) is 0 Å². The number of anilines is 3. The van der Waals surface area contributed by atoms with Crippen LogP contribution in [0.15, 0.2) is 55.5 Å². The Kier molecular flexibility index (Phi) is 8.08. The van der Waals surface area contributed by atoms with E-state index in [1.54, 1.807) is 0 Å². The number of rotatable bonds is 10. The number of benzene rings is 1. The maximum absolute atomic E-state index is 6.33. The highest BCUT2D eigenvalue weighted by molar-refractivity contribution is 6.30. The summed E-state index contributed by atoms with van der Waals surface area (Å²) in [5.41, 5.74) is 5.98. The minimum atomic E-state index is 0.0179. The highest BCUT2D eigenvalue weighted by Gasteiger charge is 2.44. The molecule has 0 radical (unpaired) electrons. The first-order valence-corrected chi connectivity index (χ1v) is 13.4. The van der Waals surface area contributed by atoms with Crippen LogP contribution in [0, 0.1) is 0 Å². The van der Waals surface area contributed by atoms with Gasteiger partial charge in [-0.3, -0.25) is 0 Å². The van der Waals surface area contributed by atoms with Gasteiger partial charge in [0, 0.05) is 41.1 Å². The summed E-state index contributed by atoms with van der Waals surface area (Å²) in [6, 6.07) is 8.83. The molecule has 0 saturated carbocycles. The zero-order valence-electron chi connectivity index (χ0n) is 21.5. The molecule has 2 aliphatic rings. The Morgan fingerprint density at radius 1 is 1.26 bits per heavy atom. The second-order valence-electron chi connectivity index (χ2n) is 9.85. The lowest BCUT2D eigenvalue weighted by atomic mass is 9.72. The van der Waals surface area contributed by atoms with Crippen LogP contribution in [0.4, 0.5) is 17.2 Å². The fourth-order valence-electron chi connectivity index (χ4n) is 5.82. The maximum atomic E-state index is 6.33. The van der Waals surface area contributed by atoms with E-state index in [9.17, 15) is 0 Å². The van der Waals surface area contributed by atoms with Crippen molar-refractivity contribution in [2.45, 2.75) is 63.8 Å². The minimum absolute atomic E-state index is 0.0179. The number of halogens is 1. The van der Waals surface area contributed by atoms with Gasteiger partial charge in [-0.1, -0.05) is 38.6 Å². The van der Waals surface area contributed by atoms with E-state index in [0.717, 1.165) is 80.4 Å². The van der Waals surface area contributed by atoms with Gasteiger partial charge in [-0.2, -0.15) is 0 Å². The van der Waals surface area contributed by atoms with E-state index in [-0.39, 0.29) is 5.41 Å². The second kappa shape index (κ2) is 11.0. The summed E-state index contributed by atoms with van der Waals surface area (Å²) < 4.78 is 0. The minimum Gasteiger partial charge on any atom is -0.385 e. The molecule has 1 spiro atoms. The lowest BCUT2D eigenvalue weighted by Crippen LogP contribution is -2.43. The van der Waals surface area contributed by atoms with Gasteiger partial charge in [0.05, 0.1) is 5.69 Å². The van der Waals surface area contributed by atoms with Gasteiger partial charge in [-0.25, -0.2) is 4.98 Å². The molecule has 6 heteroatoms. The van der Waals surface area contributed by atoms with Crippen LogP contribution >= 0.6 is 11.6 Å². The lowest BCUT2D eigenvalue weighted by Gasteiger charge is -2.40. The third-order valence-electron chi connectivity index (χ3n) is 7.98. The van der Waals surface area contributed by atoms with Gasteiger partial charge in [-0.05, 0) is 99.8 Å². The van der Waals surface area contributed by atoms with E-state index in [2.05, 4.69) is 65.6 Å². The van der Waals surface area contributed by atoms with Crippen molar-refractivity contribution < 1.29 is 0 Å². The molecule has 2 N–H and O–H groups in total. The van der Waals surface area contributed by atoms with E-state index >= 15 is 0 Å². The Bertz CT molecular complexity index is 1050. The molecule has 1 saturated heterocycles. The number of hydrogen-bond donors (Lipinski definition) is 2. The van der Waals surface area contributed by atoms with E-state index in [1.165, 1.54) is 16.8 Å². The second-order valence-corrected chi connectivity index (χ2v) is 10.3. The summed E-state index contributed by atoms with van der Waals surface area (Å²) in [5, 5.41) is 7.67. The number of nitrogens with one attached hydrogen (secondary N) is 2. The monoisotopic (exact) mass is 493 g/mol. The predicted molar refractivity (Wildman–Crippen MR) is 151 cm³/mol.